The lowest BCUT2D eigenvalue weighted by Crippen LogP contribution is -2.60. The molecule has 7 heteroatoms. The molecule has 0 aromatic carbocycles. The number of morpholine rings is 1. The quantitative estimate of drug-likeness (QED) is 0.889. The van der Waals surface area contributed by atoms with Gasteiger partial charge in [0.15, 0.2) is 0 Å². The van der Waals surface area contributed by atoms with Crippen LogP contribution in [0, 0.1) is 13.8 Å². The first-order valence-corrected chi connectivity index (χ1v) is 8.90. The number of carbonyl (C=O) groups is 2. The summed E-state index contributed by atoms with van der Waals surface area (Å²) in [4.78, 5) is 32.3. The van der Waals surface area contributed by atoms with E-state index in [0.29, 0.717) is 13.1 Å². The van der Waals surface area contributed by atoms with Crippen LogP contribution in [0.5, 0.6) is 0 Å². The molecule has 1 aromatic heterocycles. The third kappa shape index (κ3) is 4.52. The smallest absolute Gasteiger partial charge is 0.408 e. The molecule has 1 N–H and O–H groups in total. The number of hydrogen-bond acceptors (Lipinski definition) is 4. The van der Waals surface area contributed by atoms with Gasteiger partial charge in [-0.15, -0.1) is 0 Å². The second kappa shape index (κ2) is 7.61. The van der Waals surface area contributed by atoms with Crippen molar-refractivity contribution in [2.75, 3.05) is 13.1 Å². The van der Waals surface area contributed by atoms with E-state index in [-0.39, 0.29) is 24.7 Å². The highest BCUT2D eigenvalue weighted by Crippen LogP contribution is 2.24. The van der Waals surface area contributed by atoms with Crippen LogP contribution in [-0.2, 0) is 16.1 Å². The summed E-state index contributed by atoms with van der Waals surface area (Å²) in [5.41, 5.74) is 1.28. The fraction of sp³-hybridized carbons (Fsp3) is 0.632. The second-order valence-electron chi connectivity index (χ2n) is 7.65. The van der Waals surface area contributed by atoms with Gasteiger partial charge in [0.2, 0.25) is 5.91 Å². The first-order valence-electron chi connectivity index (χ1n) is 8.90. The molecule has 0 bridgehead atoms. The molecule has 0 unspecified atom stereocenters. The van der Waals surface area contributed by atoms with Crippen LogP contribution in [0.25, 0.3) is 0 Å². The third-order valence-corrected chi connectivity index (χ3v) is 4.62. The Morgan fingerprint density at radius 3 is 2.19 bits per heavy atom. The van der Waals surface area contributed by atoms with E-state index in [2.05, 4.69) is 4.98 Å². The molecule has 144 valence electrons. The fourth-order valence-corrected chi connectivity index (χ4v) is 3.55. The lowest BCUT2D eigenvalue weighted by atomic mass is 9.98. The number of carboxylic acid groups (broad SMARTS) is 1. The Morgan fingerprint density at radius 1 is 1.23 bits per heavy atom. The van der Waals surface area contributed by atoms with Gasteiger partial charge in [-0.25, -0.2) is 4.79 Å². The average molecular weight is 363 g/mol. The van der Waals surface area contributed by atoms with Crippen molar-refractivity contribution in [3.05, 3.63) is 29.1 Å². The van der Waals surface area contributed by atoms with Gasteiger partial charge in [0.1, 0.15) is 5.54 Å². The van der Waals surface area contributed by atoms with Crippen LogP contribution in [0.2, 0.25) is 0 Å². The summed E-state index contributed by atoms with van der Waals surface area (Å²) < 4.78 is 5.68. The Labute approximate surface area is 155 Å². The van der Waals surface area contributed by atoms with E-state index < -0.39 is 11.6 Å². The molecule has 7 nitrogen and oxygen atoms in total. The summed E-state index contributed by atoms with van der Waals surface area (Å²) >= 11 is 0. The second-order valence-corrected chi connectivity index (χ2v) is 7.65. The Bertz CT molecular complexity index is 659. The van der Waals surface area contributed by atoms with Crippen molar-refractivity contribution >= 4 is 12.0 Å². The maximum atomic E-state index is 13.1. The highest BCUT2D eigenvalue weighted by molar-refractivity contribution is 5.89. The van der Waals surface area contributed by atoms with Crippen molar-refractivity contribution in [3.8, 4) is 0 Å². The number of rotatable bonds is 4. The summed E-state index contributed by atoms with van der Waals surface area (Å²) in [6.45, 7) is 12.0. The van der Waals surface area contributed by atoms with Gasteiger partial charge in [-0.2, -0.15) is 0 Å². The number of ether oxygens (including phenoxy) is 1. The molecule has 1 aliphatic rings. The molecular formula is C19H29N3O4. The number of aromatic nitrogens is 1. The van der Waals surface area contributed by atoms with E-state index in [4.69, 9.17) is 4.74 Å². The highest BCUT2D eigenvalue weighted by Gasteiger charge is 2.42. The summed E-state index contributed by atoms with van der Waals surface area (Å²) in [5, 5.41) is 9.77. The average Bonchev–Trinajstić information content (AvgIpc) is 2.49. The largest absolute Gasteiger partial charge is 0.465 e. The molecule has 26 heavy (non-hydrogen) atoms. The number of aryl methyl sites for hydroxylation is 2. The molecule has 0 spiro atoms. The normalized spacial score (nSPS) is 20.8. The molecule has 1 aliphatic heterocycles. The van der Waals surface area contributed by atoms with Crippen LogP contribution in [-0.4, -0.2) is 62.7 Å². The van der Waals surface area contributed by atoms with Gasteiger partial charge >= 0.3 is 6.09 Å². The number of pyridine rings is 1. The van der Waals surface area contributed by atoms with Crippen LogP contribution >= 0.6 is 0 Å². The van der Waals surface area contributed by atoms with E-state index in [1.165, 1.54) is 4.90 Å². The SMILES string of the molecule is Cc1cc(CN(C(=O)O)C(C)(C)C(=O)N2C[C@@H](C)O[C@@H](C)C2)cc(C)n1. The maximum Gasteiger partial charge on any atom is 0.408 e. The molecule has 0 radical (unpaired) electrons. The van der Waals surface area contributed by atoms with Crippen molar-refractivity contribution < 1.29 is 19.4 Å². The van der Waals surface area contributed by atoms with Crippen LogP contribution in [0.4, 0.5) is 4.79 Å². The van der Waals surface area contributed by atoms with Gasteiger partial charge in [0.25, 0.3) is 0 Å². The molecular weight excluding hydrogens is 334 g/mol. The zero-order valence-electron chi connectivity index (χ0n) is 16.4. The van der Waals surface area contributed by atoms with Crippen LogP contribution in [0.3, 0.4) is 0 Å². The minimum absolute atomic E-state index is 0.0673. The van der Waals surface area contributed by atoms with Crippen molar-refractivity contribution in [2.24, 2.45) is 0 Å². The minimum atomic E-state index is -1.19. The van der Waals surface area contributed by atoms with Crippen LogP contribution in [0.15, 0.2) is 12.1 Å². The fourth-order valence-electron chi connectivity index (χ4n) is 3.55. The zero-order chi connectivity index (χ0) is 19.6. The van der Waals surface area contributed by atoms with Crippen molar-refractivity contribution in [3.63, 3.8) is 0 Å². The van der Waals surface area contributed by atoms with Crippen molar-refractivity contribution in [1.82, 2.24) is 14.8 Å². The Hall–Kier alpha value is -2.15. The van der Waals surface area contributed by atoms with Gasteiger partial charge < -0.3 is 14.7 Å². The highest BCUT2D eigenvalue weighted by atomic mass is 16.5. The van der Waals surface area contributed by atoms with E-state index in [0.717, 1.165) is 17.0 Å². The number of nitrogens with zero attached hydrogens (tertiary/aromatic N) is 3. The lowest BCUT2D eigenvalue weighted by Gasteiger charge is -2.42. The van der Waals surface area contributed by atoms with Crippen molar-refractivity contribution in [2.45, 2.75) is 65.8 Å². The number of amides is 2. The van der Waals surface area contributed by atoms with Crippen molar-refractivity contribution in [1.29, 1.82) is 0 Å². The molecule has 1 fully saturated rings. The molecule has 1 aromatic rings. The van der Waals surface area contributed by atoms with Gasteiger partial charge in [0, 0.05) is 24.5 Å². The van der Waals surface area contributed by atoms with Gasteiger partial charge in [0.05, 0.1) is 18.8 Å². The number of hydrogen-bond donors (Lipinski definition) is 1. The summed E-state index contributed by atoms with van der Waals surface area (Å²) in [5.74, 6) is -0.204. The van der Waals surface area contributed by atoms with E-state index in [9.17, 15) is 14.7 Å². The lowest BCUT2D eigenvalue weighted by molar-refractivity contribution is -0.153. The first kappa shape index (κ1) is 20.2. The van der Waals surface area contributed by atoms with E-state index in [1.54, 1.807) is 18.7 Å². The van der Waals surface area contributed by atoms with E-state index in [1.807, 2.05) is 39.8 Å². The van der Waals surface area contributed by atoms with E-state index >= 15 is 0 Å². The Balaban J connectivity index is 2.26. The Morgan fingerprint density at radius 2 is 1.73 bits per heavy atom. The van der Waals surface area contributed by atoms with Gasteiger partial charge in [-0.1, -0.05) is 0 Å². The first-order chi connectivity index (χ1) is 12.0. The summed E-state index contributed by atoms with van der Waals surface area (Å²) in [7, 11) is 0. The third-order valence-electron chi connectivity index (χ3n) is 4.62. The monoisotopic (exact) mass is 363 g/mol. The molecule has 1 saturated heterocycles. The molecule has 0 saturated carbocycles. The summed E-state index contributed by atoms with van der Waals surface area (Å²) in [6, 6.07) is 3.70. The summed E-state index contributed by atoms with van der Waals surface area (Å²) in [6.07, 6.45) is -1.26. The molecule has 0 aliphatic carbocycles. The zero-order valence-corrected chi connectivity index (χ0v) is 16.4. The molecule has 2 rings (SSSR count). The molecule has 2 heterocycles. The van der Waals surface area contributed by atoms with Gasteiger partial charge in [-0.3, -0.25) is 14.7 Å². The predicted octanol–water partition coefficient (Wildman–Crippen LogP) is 2.59. The predicted molar refractivity (Wildman–Crippen MR) is 97.9 cm³/mol. The number of carbonyl (C=O) groups excluding carboxylic acids is 1. The maximum absolute atomic E-state index is 13.1. The minimum Gasteiger partial charge on any atom is -0.465 e. The van der Waals surface area contributed by atoms with Crippen LogP contribution in [0.1, 0.15) is 44.6 Å². The van der Waals surface area contributed by atoms with Crippen LogP contribution < -0.4 is 0 Å². The standard InChI is InChI=1S/C19H29N3O4/c1-12-7-16(8-13(2)20-12)11-22(18(24)25)19(5,6)17(23)21-9-14(3)26-15(4)10-21/h7-8,14-15H,9-11H2,1-6H3,(H,24,25)/t14-,15+. The molecule has 2 atom stereocenters. The topological polar surface area (TPSA) is 83.0 Å². The Kier molecular flexibility index (Phi) is 5.91. The molecule has 2 amide bonds. The van der Waals surface area contributed by atoms with Gasteiger partial charge in [-0.05, 0) is 59.2 Å².